The SMILES string of the molecule is COc1cccc(C=C(C#N)S(=O)(=O)c2ccccc2)c1Oc1ncc(C(F)(F)F)cc1Cl. The summed E-state index contributed by atoms with van der Waals surface area (Å²) in [7, 11) is -2.84. The molecule has 0 spiro atoms. The maximum absolute atomic E-state index is 12.9. The van der Waals surface area contributed by atoms with Crippen LogP contribution in [0.1, 0.15) is 11.1 Å². The lowest BCUT2D eigenvalue weighted by Crippen LogP contribution is -2.06. The largest absolute Gasteiger partial charge is 0.493 e. The van der Waals surface area contributed by atoms with Crippen molar-refractivity contribution >= 4 is 27.5 Å². The van der Waals surface area contributed by atoms with Crippen LogP contribution < -0.4 is 9.47 Å². The van der Waals surface area contributed by atoms with Crippen molar-refractivity contribution in [2.24, 2.45) is 0 Å². The second kappa shape index (κ2) is 9.52. The van der Waals surface area contributed by atoms with Gasteiger partial charge in [-0.05, 0) is 30.3 Å². The lowest BCUT2D eigenvalue weighted by Gasteiger charge is -2.14. The lowest BCUT2D eigenvalue weighted by atomic mass is 10.1. The molecule has 0 radical (unpaired) electrons. The lowest BCUT2D eigenvalue weighted by molar-refractivity contribution is -0.137. The summed E-state index contributed by atoms with van der Waals surface area (Å²) in [6.07, 6.45) is -3.04. The number of rotatable bonds is 6. The predicted molar refractivity (Wildman–Crippen MR) is 115 cm³/mol. The van der Waals surface area contributed by atoms with Crippen molar-refractivity contribution in [1.29, 1.82) is 5.26 Å². The third-order valence-electron chi connectivity index (χ3n) is 4.30. The zero-order valence-corrected chi connectivity index (χ0v) is 18.4. The van der Waals surface area contributed by atoms with Crippen LogP contribution in [0.3, 0.4) is 0 Å². The van der Waals surface area contributed by atoms with Gasteiger partial charge in [0.05, 0.1) is 17.6 Å². The summed E-state index contributed by atoms with van der Waals surface area (Å²) in [6.45, 7) is 0. The van der Waals surface area contributed by atoms with Crippen molar-refractivity contribution < 1.29 is 31.1 Å². The Labute approximate surface area is 192 Å². The van der Waals surface area contributed by atoms with E-state index in [1.54, 1.807) is 12.1 Å². The Kier molecular flexibility index (Phi) is 6.95. The Bertz CT molecular complexity index is 1350. The van der Waals surface area contributed by atoms with E-state index in [2.05, 4.69) is 4.98 Å². The molecule has 0 aliphatic carbocycles. The zero-order chi connectivity index (χ0) is 24.2. The van der Waals surface area contributed by atoms with Crippen LogP contribution in [0.25, 0.3) is 6.08 Å². The summed E-state index contributed by atoms with van der Waals surface area (Å²) in [6, 6.07) is 14.1. The number of benzene rings is 2. The van der Waals surface area contributed by atoms with Crippen LogP contribution in [0.2, 0.25) is 5.02 Å². The monoisotopic (exact) mass is 494 g/mol. The molecule has 0 amide bonds. The van der Waals surface area contributed by atoms with Gasteiger partial charge in [-0.1, -0.05) is 41.9 Å². The molecule has 0 saturated carbocycles. The first-order valence-corrected chi connectivity index (χ1v) is 10.9. The van der Waals surface area contributed by atoms with Crippen molar-refractivity contribution in [2.45, 2.75) is 11.1 Å². The number of pyridine rings is 1. The summed E-state index contributed by atoms with van der Waals surface area (Å²) < 4.78 is 75.2. The fraction of sp³-hybridized carbons (Fsp3) is 0.0909. The summed E-state index contributed by atoms with van der Waals surface area (Å²) in [5.41, 5.74) is -0.969. The minimum Gasteiger partial charge on any atom is -0.493 e. The van der Waals surface area contributed by atoms with Gasteiger partial charge in [0, 0.05) is 11.8 Å². The number of nitrogens with zero attached hydrogens (tertiary/aromatic N) is 2. The van der Waals surface area contributed by atoms with Crippen LogP contribution in [-0.2, 0) is 16.0 Å². The molecule has 0 unspecified atom stereocenters. The highest BCUT2D eigenvalue weighted by Gasteiger charge is 2.32. The first kappa shape index (κ1) is 24.1. The van der Waals surface area contributed by atoms with Gasteiger partial charge in [-0.25, -0.2) is 13.4 Å². The first-order valence-electron chi connectivity index (χ1n) is 9.07. The third-order valence-corrected chi connectivity index (χ3v) is 6.25. The van der Waals surface area contributed by atoms with Gasteiger partial charge in [0.15, 0.2) is 11.5 Å². The number of hydrogen-bond acceptors (Lipinski definition) is 6. The van der Waals surface area contributed by atoms with Gasteiger partial charge in [0.2, 0.25) is 15.7 Å². The minimum absolute atomic E-state index is 0.0874. The number of allylic oxidation sites excluding steroid dienone is 1. The van der Waals surface area contributed by atoms with Crippen LogP contribution >= 0.6 is 11.6 Å². The number of methoxy groups -OCH3 is 1. The van der Waals surface area contributed by atoms with E-state index >= 15 is 0 Å². The van der Waals surface area contributed by atoms with Gasteiger partial charge in [0.1, 0.15) is 16.0 Å². The number of alkyl halides is 3. The Morgan fingerprint density at radius 3 is 2.42 bits per heavy atom. The highest BCUT2D eigenvalue weighted by Crippen LogP contribution is 2.40. The van der Waals surface area contributed by atoms with Gasteiger partial charge in [-0.15, -0.1) is 0 Å². The zero-order valence-electron chi connectivity index (χ0n) is 16.8. The van der Waals surface area contributed by atoms with E-state index in [-0.39, 0.29) is 27.8 Å². The van der Waals surface area contributed by atoms with E-state index in [0.29, 0.717) is 12.3 Å². The van der Waals surface area contributed by atoms with E-state index in [9.17, 15) is 26.9 Å². The van der Waals surface area contributed by atoms with Crippen molar-refractivity contribution in [1.82, 2.24) is 4.98 Å². The summed E-state index contributed by atoms with van der Waals surface area (Å²) in [5.74, 6) is -0.352. The van der Waals surface area contributed by atoms with Crippen LogP contribution in [-0.4, -0.2) is 20.5 Å². The van der Waals surface area contributed by atoms with Gasteiger partial charge >= 0.3 is 6.18 Å². The number of sulfone groups is 1. The van der Waals surface area contributed by atoms with Crippen LogP contribution in [0.15, 0.2) is 70.6 Å². The molecule has 3 rings (SSSR count). The third kappa shape index (κ3) is 5.27. The molecule has 33 heavy (non-hydrogen) atoms. The molecule has 11 heteroatoms. The van der Waals surface area contributed by atoms with Crippen molar-refractivity contribution in [3.8, 4) is 23.4 Å². The smallest absolute Gasteiger partial charge is 0.417 e. The average molecular weight is 495 g/mol. The number of ether oxygens (including phenoxy) is 2. The van der Waals surface area contributed by atoms with E-state index in [1.807, 2.05) is 0 Å². The molecule has 1 aromatic heterocycles. The molecule has 6 nitrogen and oxygen atoms in total. The van der Waals surface area contributed by atoms with Gasteiger partial charge < -0.3 is 9.47 Å². The molecule has 1 heterocycles. The van der Waals surface area contributed by atoms with E-state index in [4.69, 9.17) is 21.1 Å². The number of halogens is 4. The Morgan fingerprint density at radius 1 is 1.15 bits per heavy atom. The van der Waals surface area contributed by atoms with E-state index < -0.39 is 31.5 Å². The number of aromatic nitrogens is 1. The number of hydrogen-bond donors (Lipinski definition) is 0. The molecule has 3 aromatic rings. The quantitative estimate of drug-likeness (QED) is 0.397. The van der Waals surface area contributed by atoms with Crippen LogP contribution in [0.4, 0.5) is 13.2 Å². The van der Waals surface area contributed by atoms with Crippen LogP contribution in [0.5, 0.6) is 17.4 Å². The molecule has 0 fully saturated rings. The molecular formula is C22H14ClF3N2O4S. The normalized spacial score (nSPS) is 12.2. The number of para-hydroxylation sites is 1. The first-order chi connectivity index (χ1) is 15.6. The van der Waals surface area contributed by atoms with Gasteiger partial charge in [-0.3, -0.25) is 0 Å². The van der Waals surface area contributed by atoms with Crippen molar-refractivity contribution in [3.05, 3.63) is 81.8 Å². The number of nitriles is 1. The molecule has 0 atom stereocenters. The van der Waals surface area contributed by atoms with E-state index in [0.717, 1.165) is 6.08 Å². The molecule has 170 valence electrons. The van der Waals surface area contributed by atoms with Crippen molar-refractivity contribution in [3.63, 3.8) is 0 Å². The average Bonchev–Trinajstić information content (AvgIpc) is 2.79. The maximum Gasteiger partial charge on any atom is 0.417 e. The van der Waals surface area contributed by atoms with Crippen LogP contribution in [0, 0.1) is 11.3 Å². The summed E-state index contributed by atoms with van der Waals surface area (Å²) in [5, 5.41) is 9.11. The maximum atomic E-state index is 12.9. The molecule has 0 bridgehead atoms. The second-order valence-electron chi connectivity index (χ2n) is 6.43. The highest BCUT2D eigenvalue weighted by molar-refractivity contribution is 7.95. The van der Waals surface area contributed by atoms with Gasteiger partial charge in [0.25, 0.3) is 0 Å². The molecule has 0 aliphatic heterocycles. The predicted octanol–water partition coefficient (Wildman–Crippen LogP) is 5.89. The highest BCUT2D eigenvalue weighted by atomic mass is 35.5. The van der Waals surface area contributed by atoms with Gasteiger partial charge in [-0.2, -0.15) is 18.4 Å². The Balaban J connectivity index is 2.10. The molecular weight excluding hydrogens is 481 g/mol. The molecule has 0 saturated heterocycles. The van der Waals surface area contributed by atoms with Crippen molar-refractivity contribution in [2.75, 3.05) is 7.11 Å². The summed E-state index contributed by atoms with van der Waals surface area (Å²) in [4.78, 5) is 2.95. The molecule has 0 aliphatic rings. The summed E-state index contributed by atoms with van der Waals surface area (Å²) >= 11 is 5.93. The Morgan fingerprint density at radius 2 is 1.85 bits per heavy atom. The Hall–Kier alpha value is -3.55. The second-order valence-corrected chi connectivity index (χ2v) is 8.75. The molecule has 2 aromatic carbocycles. The fourth-order valence-corrected chi connectivity index (χ4v) is 4.08. The fourth-order valence-electron chi connectivity index (χ4n) is 2.71. The topological polar surface area (TPSA) is 89.3 Å². The minimum atomic E-state index is -4.65. The van der Waals surface area contributed by atoms with E-state index in [1.165, 1.54) is 49.6 Å². The standard InChI is InChI=1S/C22H14ClF3N2O4S/c1-31-19-9-5-6-14(10-17(12-27)33(29,30)16-7-3-2-4-8-16)20(19)32-21-18(23)11-15(13-28-21)22(24,25)26/h2-11,13H,1H3. The molecule has 0 N–H and O–H groups in total.